The first-order chi connectivity index (χ1) is 9.20. The fraction of sp³-hybridized carbons (Fsp3) is 0.500. The molecular formula is C16H18ClNO. The molecule has 0 N–H and O–H groups in total. The average molecular weight is 276 g/mol. The second kappa shape index (κ2) is 6.73. The SMILES string of the molecule is N#Cc1ccc(C(=O)CC2CCCCCC2)c(Cl)c1. The smallest absolute Gasteiger partial charge is 0.164 e. The molecule has 19 heavy (non-hydrogen) atoms. The van der Waals surface area contributed by atoms with Gasteiger partial charge in [-0.3, -0.25) is 4.79 Å². The molecular weight excluding hydrogens is 258 g/mol. The van der Waals surface area contributed by atoms with Gasteiger partial charge in [-0.15, -0.1) is 0 Å². The number of ketones is 1. The predicted octanol–water partition coefficient (Wildman–Crippen LogP) is 4.75. The lowest BCUT2D eigenvalue weighted by Crippen LogP contribution is -2.09. The van der Waals surface area contributed by atoms with Gasteiger partial charge >= 0.3 is 0 Å². The molecule has 0 atom stereocenters. The molecule has 0 saturated heterocycles. The standard InChI is InChI=1S/C16H18ClNO/c17-15-9-13(11-18)7-8-14(15)16(19)10-12-5-3-1-2-4-6-12/h7-9,12H,1-6,10H2. The second-order valence-electron chi connectivity index (χ2n) is 5.29. The molecule has 1 fully saturated rings. The summed E-state index contributed by atoms with van der Waals surface area (Å²) in [4.78, 5) is 12.3. The van der Waals surface area contributed by atoms with Crippen molar-refractivity contribution in [3.8, 4) is 6.07 Å². The number of rotatable bonds is 3. The quantitative estimate of drug-likeness (QED) is 0.590. The lowest BCUT2D eigenvalue weighted by Gasteiger charge is -2.13. The maximum absolute atomic E-state index is 12.3. The van der Waals surface area contributed by atoms with Crippen LogP contribution in [0.5, 0.6) is 0 Å². The molecule has 1 aliphatic carbocycles. The van der Waals surface area contributed by atoms with Crippen LogP contribution in [-0.2, 0) is 0 Å². The zero-order chi connectivity index (χ0) is 13.7. The van der Waals surface area contributed by atoms with E-state index >= 15 is 0 Å². The van der Waals surface area contributed by atoms with E-state index in [0.717, 1.165) is 12.8 Å². The molecule has 2 rings (SSSR count). The molecule has 0 amide bonds. The highest BCUT2D eigenvalue weighted by Crippen LogP contribution is 2.28. The van der Waals surface area contributed by atoms with Crippen molar-refractivity contribution in [1.82, 2.24) is 0 Å². The molecule has 2 nitrogen and oxygen atoms in total. The Bertz CT molecular complexity index is 496. The van der Waals surface area contributed by atoms with Gasteiger partial charge in [0.25, 0.3) is 0 Å². The number of halogens is 1. The molecule has 100 valence electrons. The molecule has 3 heteroatoms. The number of hydrogen-bond acceptors (Lipinski definition) is 2. The number of hydrogen-bond donors (Lipinski definition) is 0. The first-order valence-electron chi connectivity index (χ1n) is 6.93. The lowest BCUT2D eigenvalue weighted by molar-refractivity contribution is 0.0957. The third kappa shape index (κ3) is 3.81. The van der Waals surface area contributed by atoms with Crippen molar-refractivity contribution < 1.29 is 4.79 Å². The van der Waals surface area contributed by atoms with Gasteiger partial charge in [0, 0.05) is 12.0 Å². The number of carbonyl (C=O) groups excluding carboxylic acids is 1. The van der Waals surface area contributed by atoms with E-state index < -0.39 is 0 Å². The Morgan fingerprint density at radius 1 is 1.26 bits per heavy atom. The normalized spacial score (nSPS) is 16.6. The fourth-order valence-corrected chi connectivity index (χ4v) is 3.04. The topological polar surface area (TPSA) is 40.9 Å². The number of nitrogens with zero attached hydrogens (tertiary/aromatic N) is 1. The molecule has 1 aliphatic rings. The van der Waals surface area contributed by atoms with Gasteiger partial charge in [-0.25, -0.2) is 0 Å². The van der Waals surface area contributed by atoms with E-state index in [9.17, 15) is 4.79 Å². The molecule has 0 unspecified atom stereocenters. The Kier molecular flexibility index (Phi) is 4.99. The molecule has 0 aliphatic heterocycles. The van der Waals surface area contributed by atoms with Crippen LogP contribution in [0.15, 0.2) is 18.2 Å². The van der Waals surface area contributed by atoms with Crippen LogP contribution in [0.25, 0.3) is 0 Å². The van der Waals surface area contributed by atoms with Crippen LogP contribution >= 0.6 is 11.6 Å². The molecule has 1 aromatic carbocycles. The average Bonchev–Trinajstić information content (AvgIpc) is 2.67. The summed E-state index contributed by atoms with van der Waals surface area (Å²) < 4.78 is 0. The molecule has 0 radical (unpaired) electrons. The third-order valence-electron chi connectivity index (χ3n) is 3.85. The maximum Gasteiger partial charge on any atom is 0.164 e. The zero-order valence-electron chi connectivity index (χ0n) is 11.0. The first kappa shape index (κ1) is 14.1. The summed E-state index contributed by atoms with van der Waals surface area (Å²) in [5.74, 6) is 0.614. The molecule has 0 aromatic heterocycles. The van der Waals surface area contributed by atoms with Gasteiger partial charge in [-0.05, 0) is 24.1 Å². The van der Waals surface area contributed by atoms with Crippen molar-refractivity contribution in [3.63, 3.8) is 0 Å². The van der Waals surface area contributed by atoms with Crippen LogP contribution in [0.2, 0.25) is 5.02 Å². The number of carbonyl (C=O) groups is 1. The Labute approximate surface area is 119 Å². The van der Waals surface area contributed by atoms with E-state index in [-0.39, 0.29) is 5.78 Å². The minimum Gasteiger partial charge on any atom is -0.294 e. The lowest BCUT2D eigenvalue weighted by atomic mass is 9.92. The molecule has 0 spiro atoms. The molecule has 1 aromatic rings. The van der Waals surface area contributed by atoms with Crippen LogP contribution in [0.1, 0.15) is 60.9 Å². The third-order valence-corrected chi connectivity index (χ3v) is 4.16. The highest BCUT2D eigenvalue weighted by Gasteiger charge is 2.18. The minimum atomic E-state index is 0.112. The fourth-order valence-electron chi connectivity index (χ4n) is 2.75. The highest BCUT2D eigenvalue weighted by molar-refractivity contribution is 6.34. The van der Waals surface area contributed by atoms with Crippen molar-refractivity contribution in [2.45, 2.75) is 44.9 Å². The summed E-state index contributed by atoms with van der Waals surface area (Å²) >= 11 is 6.08. The van der Waals surface area contributed by atoms with E-state index in [2.05, 4.69) is 0 Å². The summed E-state index contributed by atoms with van der Waals surface area (Å²) in [6.45, 7) is 0. The van der Waals surface area contributed by atoms with E-state index in [1.807, 2.05) is 6.07 Å². The zero-order valence-corrected chi connectivity index (χ0v) is 11.7. The number of nitriles is 1. The summed E-state index contributed by atoms with van der Waals surface area (Å²) in [7, 11) is 0. The van der Waals surface area contributed by atoms with Gasteiger partial charge < -0.3 is 0 Å². The predicted molar refractivity (Wildman–Crippen MR) is 76.3 cm³/mol. The number of benzene rings is 1. The van der Waals surface area contributed by atoms with Gasteiger partial charge in [-0.1, -0.05) is 50.1 Å². The summed E-state index contributed by atoms with van der Waals surface area (Å²) in [6.07, 6.45) is 7.95. The maximum atomic E-state index is 12.3. The highest BCUT2D eigenvalue weighted by atomic mass is 35.5. The Morgan fingerprint density at radius 2 is 1.95 bits per heavy atom. The van der Waals surface area contributed by atoms with Crippen LogP contribution in [0.4, 0.5) is 0 Å². The van der Waals surface area contributed by atoms with Gasteiger partial charge in [0.2, 0.25) is 0 Å². The minimum absolute atomic E-state index is 0.112. The van der Waals surface area contributed by atoms with E-state index in [1.54, 1.807) is 18.2 Å². The van der Waals surface area contributed by atoms with Crippen LogP contribution in [0.3, 0.4) is 0 Å². The molecule has 0 heterocycles. The van der Waals surface area contributed by atoms with Gasteiger partial charge in [0.05, 0.1) is 16.7 Å². The largest absolute Gasteiger partial charge is 0.294 e. The van der Waals surface area contributed by atoms with E-state index in [0.29, 0.717) is 28.5 Å². The first-order valence-corrected chi connectivity index (χ1v) is 7.31. The Morgan fingerprint density at radius 3 is 2.53 bits per heavy atom. The van der Waals surface area contributed by atoms with Crippen molar-refractivity contribution in [3.05, 3.63) is 34.3 Å². The second-order valence-corrected chi connectivity index (χ2v) is 5.70. The van der Waals surface area contributed by atoms with E-state index in [4.69, 9.17) is 16.9 Å². The van der Waals surface area contributed by atoms with Crippen molar-refractivity contribution in [2.24, 2.45) is 5.92 Å². The Balaban J connectivity index is 2.05. The van der Waals surface area contributed by atoms with Gasteiger partial charge in [-0.2, -0.15) is 5.26 Å². The Hall–Kier alpha value is -1.33. The molecule has 1 saturated carbocycles. The van der Waals surface area contributed by atoms with Crippen molar-refractivity contribution >= 4 is 17.4 Å². The van der Waals surface area contributed by atoms with Crippen LogP contribution < -0.4 is 0 Å². The van der Waals surface area contributed by atoms with E-state index in [1.165, 1.54) is 25.7 Å². The van der Waals surface area contributed by atoms with Gasteiger partial charge in [0.1, 0.15) is 0 Å². The van der Waals surface area contributed by atoms with Crippen LogP contribution in [-0.4, -0.2) is 5.78 Å². The summed E-state index contributed by atoms with van der Waals surface area (Å²) in [6, 6.07) is 6.94. The van der Waals surface area contributed by atoms with Crippen molar-refractivity contribution in [1.29, 1.82) is 5.26 Å². The monoisotopic (exact) mass is 275 g/mol. The van der Waals surface area contributed by atoms with Gasteiger partial charge in [0.15, 0.2) is 5.78 Å². The van der Waals surface area contributed by atoms with Crippen molar-refractivity contribution in [2.75, 3.05) is 0 Å². The number of Topliss-reactive ketones (excluding diaryl/α,β-unsaturated/α-hetero) is 1. The molecule has 0 bridgehead atoms. The summed E-state index contributed by atoms with van der Waals surface area (Å²) in [5, 5.41) is 9.19. The summed E-state index contributed by atoms with van der Waals surface area (Å²) in [5.41, 5.74) is 1.06. The van der Waals surface area contributed by atoms with Crippen LogP contribution in [0, 0.1) is 17.2 Å².